The standard InChI is InChI=1S/C20H28N4O3S/c1-12(2)11-27-18(25)16-13(3)24(6)20(28)22-17(16)14-7-9-15(10-8-14)21-19(26)23(4)5/h7-10,12,17H,11H2,1-6H3,(H,21,26)(H,22,28)/t17-/m0/s1. The molecule has 0 saturated carbocycles. The van der Waals surface area contributed by atoms with Gasteiger partial charge in [0.15, 0.2) is 5.11 Å². The van der Waals surface area contributed by atoms with Crippen molar-refractivity contribution in [2.45, 2.75) is 26.8 Å². The summed E-state index contributed by atoms with van der Waals surface area (Å²) in [5, 5.41) is 6.54. The van der Waals surface area contributed by atoms with Gasteiger partial charge in [0.25, 0.3) is 0 Å². The van der Waals surface area contributed by atoms with Crippen LogP contribution in [0.5, 0.6) is 0 Å². The first-order valence-corrected chi connectivity index (χ1v) is 9.53. The highest BCUT2D eigenvalue weighted by atomic mass is 32.1. The number of esters is 1. The van der Waals surface area contributed by atoms with E-state index in [4.69, 9.17) is 17.0 Å². The van der Waals surface area contributed by atoms with Crippen molar-refractivity contribution < 1.29 is 14.3 Å². The fourth-order valence-electron chi connectivity index (χ4n) is 2.66. The molecule has 0 spiro atoms. The van der Waals surface area contributed by atoms with Crippen molar-refractivity contribution in [1.29, 1.82) is 0 Å². The van der Waals surface area contributed by atoms with E-state index in [9.17, 15) is 9.59 Å². The average Bonchev–Trinajstić information content (AvgIpc) is 2.64. The molecule has 0 radical (unpaired) electrons. The molecule has 8 heteroatoms. The van der Waals surface area contributed by atoms with E-state index in [0.29, 0.717) is 23.0 Å². The minimum absolute atomic E-state index is 0.208. The van der Waals surface area contributed by atoms with E-state index >= 15 is 0 Å². The molecule has 28 heavy (non-hydrogen) atoms. The van der Waals surface area contributed by atoms with E-state index in [0.717, 1.165) is 11.3 Å². The first-order chi connectivity index (χ1) is 13.1. The summed E-state index contributed by atoms with van der Waals surface area (Å²) in [6, 6.07) is 6.69. The highest BCUT2D eigenvalue weighted by molar-refractivity contribution is 7.80. The second-order valence-electron chi connectivity index (χ2n) is 7.38. The minimum Gasteiger partial charge on any atom is -0.462 e. The lowest BCUT2D eigenvalue weighted by atomic mass is 9.95. The summed E-state index contributed by atoms with van der Waals surface area (Å²) >= 11 is 5.41. The Labute approximate surface area is 171 Å². The maximum Gasteiger partial charge on any atom is 0.338 e. The van der Waals surface area contributed by atoms with Gasteiger partial charge in [-0.2, -0.15) is 0 Å². The summed E-state index contributed by atoms with van der Waals surface area (Å²) in [6.45, 7) is 6.20. The number of hydrogen-bond donors (Lipinski definition) is 2. The number of rotatable bonds is 5. The Balaban J connectivity index is 2.31. The van der Waals surface area contributed by atoms with Crippen molar-refractivity contribution in [3.63, 3.8) is 0 Å². The number of ether oxygens (including phenoxy) is 1. The summed E-state index contributed by atoms with van der Waals surface area (Å²) < 4.78 is 5.48. The number of benzene rings is 1. The van der Waals surface area contributed by atoms with Gasteiger partial charge in [0.2, 0.25) is 0 Å². The Hall–Kier alpha value is -2.61. The zero-order valence-corrected chi connectivity index (χ0v) is 18.0. The SMILES string of the molecule is CC1=C(C(=O)OCC(C)C)[C@H](c2ccc(NC(=O)N(C)C)cc2)NC(=S)N1C. The Morgan fingerprint density at radius 1 is 1.29 bits per heavy atom. The molecule has 152 valence electrons. The lowest BCUT2D eigenvalue weighted by Gasteiger charge is -2.35. The molecule has 0 unspecified atom stereocenters. The van der Waals surface area contributed by atoms with Crippen molar-refractivity contribution in [2.24, 2.45) is 5.92 Å². The van der Waals surface area contributed by atoms with Gasteiger partial charge in [-0.25, -0.2) is 9.59 Å². The fraction of sp³-hybridized carbons (Fsp3) is 0.450. The average molecular weight is 405 g/mol. The van der Waals surface area contributed by atoms with Gasteiger partial charge in [0.1, 0.15) is 0 Å². The van der Waals surface area contributed by atoms with Gasteiger partial charge in [-0.05, 0) is 42.8 Å². The number of hydrogen-bond acceptors (Lipinski definition) is 4. The molecular formula is C20H28N4O3S. The van der Waals surface area contributed by atoms with Crippen molar-refractivity contribution in [3.05, 3.63) is 41.1 Å². The number of nitrogens with one attached hydrogen (secondary N) is 2. The Morgan fingerprint density at radius 2 is 1.89 bits per heavy atom. The summed E-state index contributed by atoms with van der Waals surface area (Å²) in [5.74, 6) is -0.110. The fourth-order valence-corrected chi connectivity index (χ4v) is 2.92. The lowest BCUT2D eigenvalue weighted by molar-refractivity contribution is -0.140. The zero-order valence-electron chi connectivity index (χ0n) is 17.2. The van der Waals surface area contributed by atoms with Crippen LogP contribution < -0.4 is 10.6 Å². The van der Waals surface area contributed by atoms with Gasteiger partial charge in [-0.3, -0.25) is 0 Å². The Bertz CT molecular complexity index is 787. The smallest absolute Gasteiger partial charge is 0.338 e. The van der Waals surface area contributed by atoms with Crippen molar-refractivity contribution in [1.82, 2.24) is 15.1 Å². The van der Waals surface area contributed by atoms with Crippen LogP contribution in [-0.4, -0.2) is 54.7 Å². The van der Waals surface area contributed by atoms with Crippen LogP contribution in [0.1, 0.15) is 32.4 Å². The van der Waals surface area contributed by atoms with E-state index in [1.807, 2.05) is 40.0 Å². The summed E-state index contributed by atoms with van der Waals surface area (Å²) in [6.07, 6.45) is 0. The number of carbonyl (C=O) groups excluding carboxylic acids is 2. The number of urea groups is 1. The van der Waals surface area contributed by atoms with Crippen LogP contribution in [0, 0.1) is 5.92 Å². The molecule has 1 atom stereocenters. The second-order valence-corrected chi connectivity index (χ2v) is 7.77. The highest BCUT2D eigenvalue weighted by Gasteiger charge is 2.33. The molecule has 0 saturated heterocycles. The summed E-state index contributed by atoms with van der Waals surface area (Å²) in [7, 11) is 5.17. The van der Waals surface area contributed by atoms with Crippen molar-refractivity contribution >= 4 is 35.0 Å². The third-order valence-electron chi connectivity index (χ3n) is 4.42. The normalized spacial score (nSPS) is 16.8. The van der Waals surface area contributed by atoms with E-state index in [-0.39, 0.29) is 17.9 Å². The molecule has 0 aromatic heterocycles. The van der Waals surface area contributed by atoms with Crippen LogP contribution in [0.3, 0.4) is 0 Å². The predicted octanol–water partition coefficient (Wildman–Crippen LogP) is 3.11. The first kappa shape index (κ1) is 21.7. The van der Waals surface area contributed by atoms with Gasteiger partial charge in [-0.15, -0.1) is 0 Å². The molecular weight excluding hydrogens is 376 g/mol. The third kappa shape index (κ3) is 5.01. The third-order valence-corrected chi connectivity index (χ3v) is 4.81. The number of anilines is 1. The molecule has 2 N–H and O–H groups in total. The number of amides is 2. The largest absolute Gasteiger partial charge is 0.462 e. The Morgan fingerprint density at radius 3 is 2.43 bits per heavy atom. The van der Waals surface area contributed by atoms with Crippen LogP contribution in [0.15, 0.2) is 35.5 Å². The maximum absolute atomic E-state index is 12.8. The summed E-state index contributed by atoms with van der Waals surface area (Å²) in [4.78, 5) is 27.8. The molecule has 0 bridgehead atoms. The van der Waals surface area contributed by atoms with E-state index < -0.39 is 6.04 Å². The van der Waals surface area contributed by atoms with Crippen molar-refractivity contribution in [2.75, 3.05) is 33.1 Å². The van der Waals surface area contributed by atoms with Gasteiger partial charge in [0.05, 0.1) is 18.2 Å². The van der Waals surface area contributed by atoms with Crippen LogP contribution in [0.2, 0.25) is 0 Å². The monoisotopic (exact) mass is 404 g/mol. The van der Waals surface area contributed by atoms with Crippen molar-refractivity contribution in [3.8, 4) is 0 Å². The van der Waals surface area contributed by atoms with Gasteiger partial charge in [-0.1, -0.05) is 26.0 Å². The molecule has 1 aliphatic heterocycles. The highest BCUT2D eigenvalue weighted by Crippen LogP contribution is 2.31. The van der Waals surface area contributed by atoms with Crippen LogP contribution in [-0.2, 0) is 9.53 Å². The maximum atomic E-state index is 12.8. The molecule has 1 aromatic carbocycles. The summed E-state index contributed by atoms with van der Waals surface area (Å²) in [5.41, 5.74) is 2.81. The molecule has 0 fully saturated rings. The van der Waals surface area contributed by atoms with Crippen LogP contribution in [0.4, 0.5) is 10.5 Å². The zero-order chi connectivity index (χ0) is 21.0. The number of thiocarbonyl (C=S) groups is 1. The second kappa shape index (κ2) is 9.05. The molecule has 2 rings (SSSR count). The van der Waals surface area contributed by atoms with E-state index in [1.165, 1.54) is 4.90 Å². The number of nitrogens with zero attached hydrogens (tertiary/aromatic N) is 2. The van der Waals surface area contributed by atoms with E-state index in [1.54, 1.807) is 31.1 Å². The minimum atomic E-state index is -0.415. The topological polar surface area (TPSA) is 73.9 Å². The number of carbonyl (C=O) groups is 2. The van der Waals surface area contributed by atoms with Gasteiger partial charge < -0.3 is 25.2 Å². The predicted molar refractivity (Wildman–Crippen MR) is 114 cm³/mol. The molecule has 7 nitrogen and oxygen atoms in total. The quantitative estimate of drug-likeness (QED) is 0.580. The Kier molecular flexibility index (Phi) is 7.01. The molecule has 1 heterocycles. The van der Waals surface area contributed by atoms with Crippen LogP contribution >= 0.6 is 12.2 Å². The van der Waals surface area contributed by atoms with Gasteiger partial charge >= 0.3 is 12.0 Å². The molecule has 1 aromatic rings. The molecule has 2 amide bonds. The van der Waals surface area contributed by atoms with Gasteiger partial charge in [0, 0.05) is 32.5 Å². The lowest BCUT2D eigenvalue weighted by Crippen LogP contribution is -2.46. The molecule has 0 aliphatic carbocycles. The van der Waals surface area contributed by atoms with E-state index in [2.05, 4.69) is 10.6 Å². The molecule has 1 aliphatic rings. The van der Waals surface area contributed by atoms with Crippen LogP contribution in [0.25, 0.3) is 0 Å². The number of allylic oxidation sites excluding steroid dienone is 1. The first-order valence-electron chi connectivity index (χ1n) is 9.12.